The highest BCUT2D eigenvalue weighted by molar-refractivity contribution is 7.80. The van der Waals surface area contributed by atoms with Crippen molar-refractivity contribution >= 4 is 40.5 Å². The fourth-order valence-electron chi connectivity index (χ4n) is 4.28. The van der Waals surface area contributed by atoms with E-state index < -0.39 is 29.6 Å². The summed E-state index contributed by atoms with van der Waals surface area (Å²) in [6, 6.07) is 19.9. The topological polar surface area (TPSA) is 61.9 Å². The van der Waals surface area contributed by atoms with E-state index in [1.807, 2.05) is 37.3 Å². The Morgan fingerprint density at radius 3 is 2.41 bits per heavy atom. The molecule has 3 aromatic rings. The van der Waals surface area contributed by atoms with Gasteiger partial charge >= 0.3 is 6.18 Å². The lowest BCUT2D eigenvalue weighted by atomic mass is 10.1. The molecule has 1 unspecified atom stereocenters. The molecule has 1 heterocycles. The fraction of sp³-hybridized carbons (Fsp3) is 0.276. The number of ether oxygens (including phenoxy) is 1. The van der Waals surface area contributed by atoms with Crippen LogP contribution in [0, 0.1) is 0 Å². The van der Waals surface area contributed by atoms with E-state index in [1.165, 1.54) is 12.1 Å². The zero-order valence-corrected chi connectivity index (χ0v) is 22.1. The van der Waals surface area contributed by atoms with E-state index in [2.05, 4.69) is 5.32 Å². The lowest BCUT2D eigenvalue weighted by Crippen LogP contribution is -2.39. The summed E-state index contributed by atoms with van der Waals surface area (Å²) in [4.78, 5) is 29.3. The molecule has 0 aliphatic carbocycles. The Kier molecular flexibility index (Phi) is 8.86. The molecule has 3 aromatic carbocycles. The second-order valence-electron chi connectivity index (χ2n) is 9.07. The molecule has 0 aromatic heterocycles. The van der Waals surface area contributed by atoms with Gasteiger partial charge in [0.25, 0.3) is 5.91 Å². The van der Waals surface area contributed by atoms with Gasteiger partial charge in [-0.15, -0.1) is 0 Å². The summed E-state index contributed by atoms with van der Waals surface area (Å²) in [7, 11) is 0. The summed E-state index contributed by atoms with van der Waals surface area (Å²) in [6.45, 7) is 2.89. The van der Waals surface area contributed by atoms with E-state index in [9.17, 15) is 22.8 Å². The third-order valence-electron chi connectivity index (χ3n) is 6.22. The van der Waals surface area contributed by atoms with Gasteiger partial charge in [-0.25, -0.2) is 0 Å². The van der Waals surface area contributed by atoms with Crippen molar-refractivity contribution < 1.29 is 27.5 Å². The van der Waals surface area contributed by atoms with Crippen LogP contribution in [-0.4, -0.2) is 41.0 Å². The predicted octanol–water partition coefficient (Wildman–Crippen LogP) is 6.07. The number of carbonyl (C=O) groups excluding carboxylic acids is 2. The maximum absolute atomic E-state index is 13.6. The van der Waals surface area contributed by atoms with Crippen molar-refractivity contribution in [1.82, 2.24) is 4.90 Å². The van der Waals surface area contributed by atoms with E-state index in [4.69, 9.17) is 17.0 Å². The van der Waals surface area contributed by atoms with Crippen LogP contribution >= 0.6 is 12.2 Å². The van der Waals surface area contributed by atoms with Crippen LogP contribution in [0.1, 0.15) is 30.9 Å². The van der Waals surface area contributed by atoms with Gasteiger partial charge in [-0.1, -0.05) is 43.3 Å². The van der Waals surface area contributed by atoms with Crippen molar-refractivity contribution in [3.63, 3.8) is 0 Å². The molecule has 1 aliphatic rings. The number of amides is 2. The van der Waals surface area contributed by atoms with E-state index >= 15 is 0 Å². The molecule has 6 nitrogen and oxygen atoms in total. The van der Waals surface area contributed by atoms with Crippen LogP contribution < -0.4 is 15.0 Å². The minimum absolute atomic E-state index is 0.00936. The van der Waals surface area contributed by atoms with Gasteiger partial charge < -0.3 is 15.0 Å². The number of thiocarbonyl (C=S) groups is 1. The van der Waals surface area contributed by atoms with Crippen molar-refractivity contribution in [3.8, 4) is 5.75 Å². The zero-order chi connectivity index (χ0) is 28.0. The Bertz CT molecular complexity index is 1320. The van der Waals surface area contributed by atoms with Crippen molar-refractivity contribution in [2.24, 2.45) is 0 Å². The molecule has 39 heavy (non-hydrogen) atoms. The maximum atomic E-state index is 13.6. The monoisotopic (exact) mass is 555 g/mol. The third kappa shape index (κ3) is 6.94. The van der Waals surface area contributed by atoms with Crippen molar-refractivity contribution in [3.05, 3.63) is 90.0 Å². The number of alkyl halides is 3. The van der Waals surface area contributed by atoms with E-state index in [1.54, 1.807) is 29.2 Å². The number of rotatable bonds is 10. The van der Waals surface area contributed by atoms with Crippen LogP contribution in [0.5, 0.6) is 5.75 Å². The second-order valence-corrected chi connectivity index (χ2v) is 9.44. The third-order valence-corrected chi connectivity index (χ3v) is 6.64. The Labute approximate surface area is 230 Å². The number of anilines is 2. The van der Waals surface area contributed by atoms with Gasteiger partial charge in [0.15, 0.2) is 5.11 Å². The normalized spacial score (nSPS) is 15.5. The lowest BCUT2D eigenvalue weighted by Gasteiger charge is -2.24. The Morgan fingerprint density at radius 1 is 1.03 bits per heavy atom. The maximum Gasteiger partial charge on any atom is 0.416 e. The van der Waals surface area contributed by atoms with Gasteiger partial charge in [0, 0.05) is 12.2 Å². The summed E-state index contributed by atoms with van der Waals surface area (Å²) >= 11 is 5.59. The number of hydrogen-bond donors (Lipinski definition) is 1. The average Bonchev–Trinajstić information content (AvgIpc) is 3.15. The second kappa shape index (κ2) is 12.3. The summed E-state index contributed by atoms with van der Waals surface area (Å²) < 4.78 is 45.7. The molecule has 0 spiro atoms. The quantitative estimate of drug-likeness (QED) is 0.308. The number of nitrogens with one attached hydrogen (secondary N) is 1. The highest BCUT2D eigenvalue weighted by Crippen LogP contribution is 2.34. The van der Waals surface area contributed by atoms with E-state index in [0.29, 0.717) is 31.0 Å². The SMILES string of the molecule is CCCOc1ccc(NC(=O)CC2C(=O)N(c3cccc(C(F)(F)F)c3)C(=S)N2CCc2ccccc2)cc1. The van der Waals surface area contributed by atoms with Crippen molar-refractivity contribution in [2.45, 2.75) is 38.4 Å². The molecular weight excluding hydrogens is 527 g/mol. The van der Waals surface area contributed by atoms with Gasteiger partial charge in [0.1, 0.15) is 11.8 Å². The van der Waals surface area contributed by atoms with Gasteiger partial charge in [-0.2, -0.15) is 13.2 Å². The van der Waals surface area contributed by atoms with E-state index in [0.717, 1.165) is 29.0 Å². The average molecular weight is 556 g/mol. The molecule has 0 saturated carbocycles. The Morgan fingerprint density at radius 2 is 1.74 bits per heavy atom. The Balaban J connectivity index is 1.54. The molecule has 1 N–H and O–H groups in total. The summed E-state index contributed by atoms with van der Waals surface area (Å²) in [5.41, 5.74) is 0.649. The first-order chi connectivity index (χ1) is 18.7. The summed E-state index contributed by atoms with van der Waals surface area (Å²) in [5.74, 6) is -0.296. The van der Waals surface area contributed by atoms with Crippen LogP contribution in [0.25, 0.3) is 0 Å². The molecule has 4 rings (SSSR count). The highest BCUT2D eigenvalue weighted by Gasteiger charge is 2.44. The predicted molar refractivity (Wildman–Crippen MR) is 148 cm³/mol. The standard InChI is InChI=1S/C29H28F3N3O3S/c1-2-17-38-24-13-11-22(12-14-24)33-26(36)19-25-27(37)35(23-10-6-9-21(18-23)29(30,31)32)28(39)34(25)16-15-20-7-4-3-5-8-20/h3-14,18,25H,2,15-17,19H2,1H3,(H,33,36). The van der Waals surface area contributed by atoms with Gasteiger partial charge in [0.2, 0.25) is 5.91 Å². The minimum atomic E-state index is -4.58. The fourth-order valence-corrected chi connectivity index (χ4v) is 4.70. The molecular formula is C29H28F3N3O3S. The number of nitrogens with zero attached hydrogens (tertiary/aromatic N) is 2. The first-order valence-corrected chi connectivity index (χ1v) is 13.0. The number of halogens is 3. The minimum Gasteiger partial charge on any atom is -0.494 e. The molecule has 1 saturated heterocycles. The van der Waals surface area contributed by atoms with Crippen LogP contribution in [0.4, 0.5) is 24.5 Å². The first kappa shape index (κ1) is 28.1. The summed E-state index contributed by atoms with van der Waals surface area (Å²) in [5, 5.41) is 2.84. The van der Waals surface area contributed by atoms with Crippen molar-refractivity contribution in [1.29, 1.82) is 0 Å². The molecule has 204 valence electrons. The number of carbonyl (C=O) groups is 2. The van der Waals surface area contributed by atoms with Crippen molar-refractivity contribution in [2.75, 3.05) is 23.4 Å². The highest BCUT2D eigenvalue weighted by atomic mass is 32.1. The molecule has 2 amide bonds. The molecule has 0 radical (unpaired) electrons. The zero-order valence-electron chi connectivity index (χ0n) is 21.3. The first-order valence-electron chi connectivity index (χ1n) is 12.6. The molecule has 1 fully saturated rings. The largest absolute Gasteiger partial charge is 0.494 e. The van der Waals surface area contributed by atoms with Crippen LogP contribution in [0.15, 0.2) is 78.9 Å². The molecule has 0 bridgehead atoms. The van der Waals surface area contributed by atoms with Gasteiger partial charge in [-0.05, 0) is 73.1 Å². The molecule has 10 heteroatoms. The van der Waals surface area contributed by atoms with Crippen LogP contribution in [-0.2, 0) is 22.2 Å². The number of hydrogen-bond acceptors (Lipinski definition) is 4. The van der Waals surface area contributed by atoms with Crippen LogP contribution in [0.3, 0.4) is 0 Å². The van der Waals surface area contributed by atoms with E-state index in [-0.39, 0.29) is 17.2 Å². The molecule has 1 atom stereocenters. The smallest absolute Gasteiger partial charge is 0.416 e. The Hall–Kier alpha value is -3.92. The summed E-state index contributed by atoms with van der Waals surface area (Å²) in [6.07, 6.45) is -3.41. The van der Waals surface area contributed by atoms with Gasteiger partial charge in [-0.3, -0.25) is 14.5 Å². The molecule has 1 aliphatic heterocycles. The number of benzene rings is 3. The lowest BCUT2D eigenvalue weighted by molar-refractivity contribution is -0.137. The van der Waals surface area contributed by atoms with Crippen LogP contribution in [0.2, 0.25) is 0 Å². The van der Waals surface area contributed by atoms with Gasteiger partial charge in [0.05, 0.1) is 24.3 Å².